The Bertz CT molecular complexity index is 567. The Hall–Kier alpha value is -2.21. The summed E-state index contributed by atoms with van der Waals surface area (Å²) in [6, 6.07) is 6.27. The molecular weight excluding hydrogens is 282 g/mol. The molecule has 2 rings (SSSR count). The van der Waals surface area contributed by atoms with E-state index in [0.29, 0.717) is 19.4 Å². The van der Waals surface area contributed by atoms with Gasteiger partial charge in [0, 0.05) is 30.9 Å². The lowest BCUT2D eigenvalue weighted by Gasteiger charge is -2.02. The molecule has 0 aliphatic carbocycles. The maximum atomic E-state index is 11.7. The van der Waals surface area contributed by atoms with Crippen LogP contribution in [0.5, 0.6) is 0 Å². The average molecular weight is 296 g/mol. The minimum absolute atomic E-state index is 0. The van der Waals surface area contributed by atoms with Gasteiger partial charge in [0.1, 0.15) is 0 Å². The standard InChI is InChI=1S/C13H13N3O3.ClH/c17-13(9-15-8-7-14-10-15)6-3-11-1-4-12(5-2-11)16(18)19;/h1-2,4-5,7-8,10H,3,6,9H2;1H. The quantitative estimate of drug-likeness (QED) is 0.605. The molecule has 106 valence electrons. The van der Waals surface area contributed by atoms with Crippen LogP contribution in [0.15, 0.2) is 43.0 Å². The predicted octanol–water partition coefficient (Wildman–Crippen LogP) is 2.42. The zero-order valence-corrected chi connectivity index (χ0v) is 11.5. The smallest absolute Gasteiger partial charge is 0.269 e. The summed E-state index contributed by atoms with van der Waals surface area (Å²) in [5.41, 5.74) is 0.984. The van der Waals surface area contributed by atoms with E-state index in [1.54, 1.807) is 35.4 Å². The van der Waals surface area contributed by atoms with Gasteiger partial charge < -0.3 is 4.57 Å². The summed E-state index contributed by atoms with van der Waals surface area (Å²) in [7, 11) is 0. The molecule has 0 amide bonds. The fourth-order valence-electron chi connectivity index (χ4n) is 1.73. The van der Waals surface area contributed by atoms with Crippen molar-refractivity contribution in [1.29, 1.82) is 0 Å². The molecule has 0 spiro atoms. The van der Waals surface area contributed by atoms with Crippen LogP contribution in [0.4, 0.5) is 5.69 Å². The van der Waals surface area contributed by atoms with Gasteiger partial charge in [-0.1, -0.05) is 12.1 Å². The molecule has 0 unspecified atom stereocenters. The van der Waals surface area contributed by atoms with Gasteiger partial charge in [-0.3, -0.25) is 14.9 Å². The summed E-state index contributed by atoms with van der Waals surface area (Å²) in [5.74, 6) is 0.108. The number of aromatic nitrogens is 2. The van der Waals surface area contributed by atoms with Gasteiger partial charge in [-0.05, 0) is 12.0 Å². The topological polar surface area (TPSA) is 78.0 Å². The van der Waals surface area contributed by atoms with Gasteiger partial charge in [-0.2, -0.15) is 0 Å². The average Bonchev–Trinajstić information content (AvgIpc) is 2.89. The van der Waals surface area contributed by atoms with Gasteiger partial charge in [-0.15, -0.1) is 12.4 Å². The second-order valence-corrected chi connectivity index (χ2v) is 4.20. The zero-order chi connectivity index (χ0) is 13.7. The van der Waals surface area contributed by atoms with Crippen LogP contribution in [0.2, 0.25) is 0 Å². The highest BCUT2D eigenvalue weighted by Crippen LogP contribution is 2.13. The van der Waals surface area contributed by atoms with Gasteiger partial charge >= 0.3 is 0 Å². The maximum absolute atomic E-state index is 11.7. The number of hydrogen-bond donors (Lipinski definition) is 0. The fourth-order valence-corrected chi connectivity index (χ4v) is 1.73. The van der Waals surface area contributed by atoms with Crippen molar-refractivity contribution in [3.8, 4) is 0 Å². The molecule has 1 heterocycles. The lowest BCUT2D eigenvalue weighted by molar-refractivity contribution is -0.384. The summed E-state index contributed by atoms with van der Waals surface area (Å²) in [6.45, 7) is 0.312. The lowest BCUT2D eigenvalue weighted by Crippen LogP contribution is -2.09. The van der Waals surface area contributed by atoms with E-state index in [1.807, 2.05) is 0 Å². The van der Waals surface area contributed by atoms with Crippen molar-refractivity contribution in [3.05, 3.63) is 58.7 Å². The number of Topliss-reactive ketones (excluding diaryl/α,β-unsaturated/α-hetero) is 1. The number of imidazole rings is 1. The summed E-state index contributed by atoms with van der Waals surface area (Å²) in [6.07, 6.45) is 5.97. The highest BCUT2D eigenvalue weighted by molar-refractivity contribution is 5.85. The van der Waals surface area contributed by atoms with Crippen molar-refractivity contribution in [2.45, 2.75) is 19.4 Å². The van der Waals surface area contributed by atoms with Crippen LogP contribution in [-0.4, -0.2) is 20.3 Å². The maximum Gasteiger partial charge on any atom is 0.269 e. The van der Waals surface area contributed by atoms with Gasteiger partial charge in [0.2, 0.25) is 0 Å². The van der Waals surface area contributed by atoms with Crippen LogP contribution in [0.25, 0.3) is 0 Å². The van der Waals surface area contributed by atoms with Crippen LogP contribution in [-0.2, 0) is 17.8 Å². The van der Waals surface area contributed by atoms with E-state index >= 15 is 0 Å². The molecule has 0 aliphatic heterocycles. The number of non-ortho nitro benzene ring substituents is 1. The highest BCUT2D eigenvalue weighted by atomic mass is 35.5. The molecule has 1 aromatic carbocycles. The van der Waals surface area contributed by atoms with Crippen molar-refractivity contribution in [1.82, 2.24) is 9.55 Å². The molecular formula is C13H14ClN3O3. The molecule has 0 N–H and O–H groups in total. The Kier molecular flexibility index (Phi) is 5.86. The molecule has 2 aromatic rings. The van der Waals surface area contributed by atoms with Crippen LogP contribution in [0.3, 0.4) is 0 Å². The first kappa shape index (κ1) is 15.8. The fraction of sp³-hybridized carbons (Fsp3) is 0.231. The van der Waals surface area contributed by atoms with Gasteiger partial charge in [0.05, 0.1) is 17.8 Å². The summed E-state index contributed by atoms with van der Waals surface area (Å²) < 4.78 is 1.72. The zero-order valence-electron chi connectivity index (χ0n) is 10.6. The lowest BCUT2D eigenvalue weighted by atomic mass is 10.1. The van der Waals surface area contributed by atoms with E-state index in [9.17, 15) is 14.9 Å². The molecule has 0 bridgehead atoms. The number of benzene rings is 1. The first-order valence-corrected chi connectivity index (χ1v) is 5.86. The monoisotopic (exact) mass is 295 g/mol. The van der Waals surface area contributed by atoms with Gasteiger partial charge in [-0.25, -0.2) is 4.98 Å². The first-order valence-electron chi connectivity index (χ1n) is 5.86. The van der Waals surface area contributed by atoms with Crippen LogP contribution < -0.4 is 0 Å². The molecule has 0 saturated heterocycles. The SMILES string of the molecule is Cl.O=C(CCc1ccc([N+](=O)[O-])cc1)Cn1ccnc1. The number of nitrogens with zero attached hydrogens (tertiary/aromatic N) is 3. The first-order chi connectivity index (χ1) is 9.15. The number of carbonyl (C=O) groups excluding carboxylic acids is 1. The van der Waals surface area contributed by atoms with Crippen LogP contribution >= 0.6 is 12.4 Å². The van der Waals surface area contributed by atoms with E-state index in [1.165, 1.54) is 12.1 Å². The third-order valence-corrected chi connectivity index (χ3v) is 2.76. The van der Waals surface area contributed by atoms with E-state index < -0.39 is 4.92 Å². The molecule has 0 fully saturated rings. The van der Waals surface area contributed by atoms with E-state index in [4.69, 9.17) is 0 Å². The molecule has 1 aromatic heterocycles. The van der Waals surface area contributed by atoms with E-state index in [2.05, 4.69) is 4.98 Å². The minimum Gasteiger partial charge on any atom is -0.330 e. The molecule has 20 heavy (non-hydrogen) atoms. The van der Waals surface area contributed by atoms with Crippen LogP contribution in [0, 0.1) is 10.1 Å². The predicted molar refractivity (Wildman–Crippen MR) is 75.9 cm³/mol. The number of nitro groups is 1. The Morgan fingerprint density at radius 2 is 2.00 bits per heavy atom. The molecule has 0 radical (unpaired) electrons. The largest absolute Gasteiger partial charge is 0.330 e. The van der Waals surface area contributed by atoms with E-state index in [0.717, 1.165) is 5.56 Å². The van der Waals surface area contributed by atoms with Crippen LogP contribution in [0.1, 0.15) is 12.0 Å². The molecule has 0 aliphatic rings. The Morgan fingerprint density at radius 3 is 2.55 bits per heavy atom. The molecule has 6 nitrogen and oxygen atoms in total. The molecule has 7 heteroatoms. The molecule has 0 saturated carbocycles. The number of aryl methyl sites for hydroxylation is 1. The number of nitro benzene ring substituents is 1. The van der Waals surface area contributed by atoms with Crippen molar-refractivity contribution in [2.24, 2.45) is 0 Å². The third-order valence-electron chi connectivity index (χ3n) is 2.76. The second kappa shape index (κ2) is 7.40. The van der Waals surface area contributed by atoms with Crippen molar-refractivity contribution in [3.63, 3.8) is 0 Å². The third kappa shape index (κ3) is 4.47. The molecule has 0 atom stereocenters. The Labute approximate surface area is 122 Å². The number of hydrogen-bond acceptors (Lipinski definition) is 4. The highest BCUT2D eigenvalue weighted by Gasteiger charge is 2.06. The van der Waals surface area contributed by atoms with E-state index in [-0.39, 0.29) is 23.9 Å². The van der Waals surface area contributed by atoms with Gasteiger partial charge in [0.25, 0.3) is 5.69 Å². The second-order valence-electron chi connectivity index (χ2n) is 4.20. The van der Waals surface area contributed by atoms with Crippen molar-refractivity contribution < 1.29 is 9.72 Å². The number of carbonyl (C=O) groups is 1. The van der Waals surface area contributed by atoms with Crippen molar-refractivity contribution in [2.75, 3.05) is 0 Å². The summed E-state index contributed by atoms with van der Waals surface area (Å²) in [5, 5.41) is 10.5. The summed E-state index contributed by atoms with van der Waals surface area (Å²) in [4.78, 5) is 25.6. The Balaban J connectivity index is 0.00000200. The summed E-state index contributed by atoms with van der Waals surface area (Å²) >= 11 is 0. The Morgan fingerprint density at radius 1 is 1.30 bits per heavy atom. The normalized spacial score (nSPS) is 9.80. The van der Waals surface area contributed by atoms with Crippen molar-refractivity contribution >= 4 is 23.9 Å². The van der Waals surface area contributed by atoms with Gasteiger partial charge in [0.15, 0.2) is 5.78 Å². The number of halogens is 1. The number of ketones is 1. The number of rotatable bonds is 6. The minimum atomic E-state index is -0.437.